The number of rotatable bonds is 6. The van der Waals surface area contributed by atoms with Crippen molar-refractivity contribution in [3.63, 3.8) is 0 Å². The molecule has 1 aliphatic carbocycles. The molecule has 3 heterocycles. The van der Waals surface area contributed by atoms with Crippen LogP contribution >= 0.6 is 0 Å². The summed E-state index contributed by atoms with van der Waals surface area (Å²) >= 11 is 0. The molecule has 0 unspecified atom stereocenters. The number of carbonyl (C=O) groups excluding carboxylic acids is 2. The van der Waals surface area contributed by atoms with Gasteiger partial charge in [0.25, 0.3) is 11.8 Å². The Balaban J connectivity index is 1.22. The first-order valence-electron chi connectivity index (χ1n) is 9.90. The fourth-order valence-electron chi connectivity index (χ4n) is 3.64. The van der Waals surface area contributed by atoms with E-state index in [4.69, 9.17) is 0 Å². The quantitative estimate of drug-likeness (QED) is 0.673. The molecule has 2 aliphatic rings. The summed E-state index contributed by atoms with van der Waals surface area (Å²) in [5.74, 6) is 0.621. The maximum Gasteiger partial charge on any atom is 0.290 e. The summed E-state index contributed by atoms with van der Waals surface area (Å²) in [7, 11) is 0. The third-order valence-electron chi connectivity index (χ3n) is 5.41. The average molecular weight is 390 g/mol. The van der Waals surface area contributed by atoms with Crippen molar-refractivity contribution < 1.29 is 9.59 Å². The van der Waals surface area contributed by atoms with Crippen molar-refractivity contribution in [2.75, 3.05) is 6.54 Å². The van der Waals surface area contributed by atoms with Gasteiger partial charge >= 0.3 is 0 Å². The van der Waals surface area contributed by atoms with Crippen LogP contribution in [-0.4, -0.2) is 43.0 Å². The van der Waals surface area contributed by atoms with Gasteiger partial charge in [-0.15, -0.1) is 0 Å². The van der Waals surface area contributed by atoms with E-state index in [2.05, 4.69) is 20.5 Å². The lowest BCUT2D eigenvalue weighted by molar-refractivity contribution is 0.0683. The van der Waals surface area contributed by atoms with Gasteiger partial charge in [-0.1, -0.05) is 30.3 Å². The Kier molecular flexibility index (Phi) is 4.38. The van der Waals surface area contributed by atoms with Crippen molar-refractivity contribution in [3.05, 3.63) is 71.1 Å². The van der Waals surface area contributed by atoms with Crippen LogP contribution in [0.1, 0.15) is 56.8 Å². The molecule has 2 N–H and O–H groups in total. The number of aromatic nitrogens is 4. The molecule has 8 heteroatoms. The predicted octanol–water partition coefficient (Wildman–Crippen LogP) is 2.07. The highest BCUT2D eigenvalue weighted by atomic mass is 16.2. The Hall–Kier alpha value is -3.42. The smallest absolute Gasteiger partial charge is 0.290 e. The van der Waals surface area contributed by atoms with Crippen molar-refractivity contribution in [3.8, 4) is 0 Å². The highest BCUT2D eigenvalue weighted by Gasteiger charge is 2.28. The van der Waals surface area contributed by atoms with Gasteiger partial charge in [-0.3, -0.25) is 14.7 Å². The summed E-state index contributed by atoms with van der Waals surface area (Å²) in [6.45, 7) is 2.16. The first-order chi connectivity index (χ1) is 14.2. The lowest BCUT2D eigenvalue weighted by Crippen LogP contribution is -2.39. The average Bonchev–Trinajstić information content (AvgIpc) is 3.31. The Labute approximate surface area is 167 Å². The highest BCUT2D eigenvalue weighted by Crippen LogP contribution is 2.38. The summed E-state index contributed by atoms with van der Waals surface area (Å²) in [5.41, 5.74) is 3.18. The number of amides is 2. The van der Waals surface area contributed by atoms with E-state index in [9.17, 15) is 9.59 Å². The summed E-state index contributed by atoms with van der Waals surface area (Å²) in [5, 5.41) is 9.87. The van der Waals surface area contributed by atoms with E-state index in [1.54, 1.807) is 0 Å². The normalized spacial score (nSPS) is 16.0. The summed E-state index contributed by atoms with van der Waals surface area (Å²) in [6.07, 6.45) is 4.14. The third-order valence-corrected chi connectivity index (χ3v) is 5.41. The van der Waals surface area contributed by atoms with Crippen LogP contribution in [0.5, 0.6) is 0 Å². The zero-order valence-corrected chi connectivity index (χ0v) is 16.0. The van der Waals surface area contributed by atoms with Crippen LogP contribution in [0.3, 0.4) is 0 Å². The topological polar surface area (TPSA) is 95.9 Å². The van der Waals surface area contributed by atoms with Gasteiger partial charge in [0.2, 0.25) is 0 Å². The van der Waals surface area contributed by atoms with E-state index in [-0.39, 0.29) is 18.4 Å². The molecule has 0 atom stereocenters. The van der Waals surface area contributed by atoms with Crippen LogP contribution in [0.2, 0.25) is 0 Å². The molecule has 8 nitrogen and oxygen atoms in total. The Morgan fingerprint density at radius 1 is 1.21 bits per heavy atom. The van der Waals surface area contributed by atoms with Gasteiger partial charge in [-0.25, -0.2) is 4.98 Å². The van der Waals surface area contributed by atoms with Crippen LogP contribution in [0.25, 0.3) is 0 Å². The Bertz CT molecular complexity index is 1050. The second kappa shape index (κ2) is 7.20. The van der Waals surface area contributed by atoms with Crippen LogP contribution in [-0.2, 0) is 19.6 Å². The number of nitrogens with zero attached hydrogens (tertiary/aromatic N) is 4. The minimum Gasteiger partial charge on any atom is -0.345 e. The maximum absolute atomic E-state index is 12.8. The second-order valence-electron chi connectivity index (χ2n) is 7.63. The molecule has 1 aromatic carbocycles. The summed E-state index contributed by atoms with van der Waals surface area (Å²) < 4.78 is 1.87. The molecule has 1 saturated carbocycles. The lowest BCUT2D eigenvalue weighted by Gasteiger charge is -2.27. The molecule has 0 saturated heterocycles. The molecule has 1 fully saturated rings. The Morgan fingerprint density at radius 3 is 2.83 bits per heavy atom. The largest absolute Gasteiger partial charge is 0.345 e. The van der Waals surface area contributed by atoms with Crippen LogP contribution in [0.15, 0.2) is 42.6 Å². The fraction of sp³-hybridized carbons (Fsp3) is 0.333. The van der Waals surface area contributed by atoms with Crippen molar-refractivity contribution in [2.45, 2.75) is 38.4 Å². The number of hydrogen-bond acceptors (Lipinski definition) is 4. The van der Waals surface area contributed by atoms with Gasteiger partial charge in [-0.05, 0) is 24.5 Å². The molecular formula is C21H22N6O2. The molecule has 29 heavy (non-hydrogen) atoms. The first kappa shape index (κ1) is 17.7. The number of carbonyl (C=O) groups is 2. The minimum absolute atomic E-state index is 0.0842. The summed E-state index contributed by atoms with van der Waals surface area (Å²) in [6, 6.07) is 11.7. The van der Waals surface area contributed by atoms with E-state index < -0.39 is 0 Å². The number of nitrogens with one attached hydrogen (secondary N) is 2. The molecule has 0 bridgehead atoms. The van der Waals surface area contributed by atoms with E-state index in [1.807, 2.05) is 52.1 Å². The van der Waals surface area contributed by atoms with E-state index >= 15 is 0 Å². The lowest BCUT2D eigenvalue weighted by atomic mass is 10.2. The molecule has 5 rings (SSSR count). The molecule has 0 spiro atoms. The minimum atomic E-state index is -0.240. The van der Waals surface area contributed by atoms with Crippen molar-refractivity contribution in [1.82, 2.24) is 30.0 Å². The first-order valence-corrected chi connectivity index (χ1v) is 9.90. The van der Waals surface area contributed by atoms with Crippen molar-refractivity contribution in [2.24, 2.45) is 0 Å². The predicted molar refractivity (Wildman–Crippen MR) is 105 cm³/mol. The molecule has 1 aliphatic heterocycles. The van der Waals surface area contributed by atoms with E-state index in [1.165, 1.54) is 0 Å². The molecule has 148 valence electrons. The maximum atomic E-state index is 12.8. The SMILES string of the molecule is O=C(NCc1cn2c(n1)C(=O)N(Cc1ccccc1)CC2)c1cc(C2CC2)[nH]n1. The number of aromatic amines is 1. The molecule has 2 amide bonds. The van der Waals surface area contributed by atoms with E-state index in [0.29, 0.717) is 42.8 Å². The molecule has 3 aromatic rings. The van der Waals surface area contributed by atoms with Gasteiger partial charge in [0.1, 0.15) is 5.69 Å². The third kappa shape index (κ3) is 3.65. The Morgan fingerprint density at radius 2 is 2.03 bits per heavy atom. The zero-order chi connectivity index (χ0) is 19.8. The second-order valence-corrected chi connectivity index (χ2v) is 7.63. The van der Waals surface area contributed by atoms with Crippen LogP contribution < -0.4 is 5.32 Å². The highest BCUT2D eigenvalue weighted by molar-refractivity contribution is 5.92. The number of hydrogen-bond donors (Lipinski definition) is 2. The van der Waals surface area contributed by atoms with Crippen LogP contribution in [0, 0.1) is 0 Å². The zero-order valence-electron chi connectivity index (χ0n) is 16.0. The van der Waals surface area contributed by atoms with E-state index in [0.717, 1.165) is 24.1 Å². The fourth-order valence-corrected chi connectivity index (χ4v) is 3.64. The van der Waals surface area contributed by atoms with Gasteiger partial charge in [0.15, 0.2) is 5.82 Å². The standard InChI is InChI=1S/C21H22N6O2/c28-20(18-10-17(24-25-18)15-6-7-15)22-11-16-13-26-8-9-27(21(29)19(26)23-16)12-14-4-2-1-3-5-14/h1-5,10,13,15H,6-9,11-12H2,(H,22,28)(H,24,25). The molecular weight excluding hydrogens is 368 g/mol. The van der Waals surface area contributed by atoms with Gasteiger partial charge in [-0.2, -0.15) is 5.10 Å². The number of fused-ring (bicyclic) bond motifs is 1. The van der Waals surface area contributed by atoms with Gasteiger partial charge < -0.3 is 14.8 Å². The number of benzene rings is 1. The molecule has 0 radical (unpaired) electrons. The number of imidazole rings is 1. The monoisotopic (exact) mass is 390 g/mol. The number of H-pyrrole nitrogens is 1. The van der Waals surface area contributed by atoms with Crippen LogP contribution in [0.4, 0.5) is 0 Å². The summed E-state index contributed by atoms with van der Waals surface area (Å²) in [4.78, 5) is 31.4. The van der Waals surface area contributed by atoms with Gasteiger partial charge in [0.05, 0.1) is 12.2 Å². The van der Waals surface area contributed by atoms with Crippen molar-refractivity contribution >= 4 is 11.8 Å². The molecule has 2 aromatic heterocycles. The van der Waals surface area contributed by atoms with Crippen molar-refractivity contribution in [1.29, 1.82) is 0 Å². The van der Waals surface area contributed by atoms with Gasteiger partial charge in [0, 0.05) is 37.4 Å².